The number of imidazole rings is 1. The number of nitrogens with one attached hydrogen (secondary N) is 3. The van der Waals surface area contributed by atoms with E-state index < -0.39 is 0 Å². The molecule has 1 aliphatic rings. The van der Waals surface area contributed by atoms with E-state index in [4.69, 9.17) is 0 Å². The molecule has 5 nitrogen and oxygen atoms in total. The van der Waals surface area contributed by atoms with Gasteiger partial charge in [0.05, 0.1) is 11.0 Å². The molecule has 1 fully saturated rings. The maximum Gasteiger partial charge on any atom is 0.191 e. The average Bonchev–Trinajstić information content (AvgIpc) is 3.09. The van der Waals surface area contributed by atoms with Crippen LogP contribution in [0.5, 0.6) is 0 Å². The van der Waals surface area contributed by atoms with Crippen LogP contribution in [-0.2, 0) is 11.8 Å². The van der Waals surface area contributed by atoms with Gasteiger partial charge in [-0.25, -0.2) is 4.98 Å². The number of hydrogen-bond acceptors (Lipinski definition) is 2. The van der Waals surface area contributed by atoms with Crippen LogP contribution in [0.25, 0.3) is 11.0 Å². The summed E-state index contributed by atoms with van der Waals surface area (Å²) < 4.78 is 0. The van der Waals surface area contributed by atoms with Crippen LogP contribution in [0.1, 0.15) is 30.7 Å². The van der Waals surface area contributed by atoms with Crippen molar-refractivity contribution in [3.8, 4) is 0 Å². The second-order valence-electron chi connectivity index (χ2n) is 7.30. The molecule has 3 N–H and O–H groups in total. The van der Waals surface area contributed by atoms with Crippen molar-refractivity contribution in [3.05, 3.63) is 66.0 Å². The fourth-order valence-corrected chi connectivity index (χ4v) is 3.86. The molecular weight excluding hydrogens is 334 g/mol. The van der Waals surface area contributed by atoms with E-state index in [2.05, 4.69) is 62.0 Å². The van der Waals surface area contributed by atoms with E-state index >= 15 is 0 Å². The molecule has 0 unspecified atom stereocenters. The lowest BCUT2D eigenvalue weighted by Gasteiger charge is -2.43. The Morgan fingerprint density at radius 1 is 1.07 bits per heavy atom. The maximum absolute atomic E-state index is 4.63. The summed E-state index contributed by atoms with van der Waals surface area (Å²) in [6.07, 6.45) is 4.61. The monoisotopic (exact) mass is 361 g/mol. The van der Waals surface area contributed by atoms with Crippen molar-refractivity contribution >= 4 is 17.0 Å². The van der Waals surface area contributed by atoms with E-state index in [9.17, 15) is 0 Å². The van der Waals surface area contributed by atoms with E-state index in [1.54, 1.807) is 0 Å². The van der Waals surface area contributed by atoms with Crippen molar-refractivity contribution in [2.24, 2.45) is 4.99 Å². The van der Waals surface area contributed by atoms with Gasteiger partial charge >= 0.3 is 0 Å². The second kappa shape index (κ2) is 7.82. The topological polar surface area (TPSA) is 65.1 Å². The highest BCUT2D eigenvalue weighted by Crippen LogP contribution is 2.43. The molecule has 5 heteroatoms. The fraction of sp³-hybridized carbons (Fsp3) is 0.364. The first kappa shape index (κ1) is 17.6. The van der Waals surface area contributed by atoms with Crippen molar-refractivity contribution in [3.63, 3.8) is 0 Å². The van der Waals surface area contributed by atoms with Gasteiger partial charge in [0.2, 0.25) is 0 Å². The van der Waals surface area contributed by atoms with E-state index in [0.717, 1.165) is 42.3 Å². The van der Waals surface area contributed by atoms with Gasteiger partial charge in [-0.2, -0.15) is 0 Å². The van der Waals surface area contributed by atoms with Gasteiger partial charge in [0, 0.05) is 32.0 Å². The summed E-state index contributed by atoms with van der Waals surface area (Å²) in [5.41, 5.74) is 3.79. The first-order valence-electron chi connectivity index (χ1n) is 9.73. The zero-order chi connectivity index (χ0) is 18.5. The Balaban J connectivity index is 1.30. The molecule has 0 radical (unpaired) electrons. The Bertz CT molecular complexity index is 876. The Labute approximate surface area is 160 Å². The Kier molecular flexibility index (Phi) is 5.10. The first-order chi connectivity index (χ1) is 13.3. The summed E-state index contributed by atoms with van der Waals surface area (Å²) in [5.74, 6) is 1.85. The molecule has 2 aromatic carbocycles. The minimum Gasteiger partial charge on any atom is -0.356 e. The van der Waals surface area contributed by atoms with E-state index in [1.807, 2.05) is 25.2 Å². The number of guanidine groups is 1. The maximum atomic E-state index is 4.63. The van der Waals surface area contributed by atoms with Crippen molar-refractivity contribution in [2.75, 3.05) is 20.1 Å². The molecule has 1 aliphatic carbocycles. The van der Waals surface area contributed by atoms with Crippen LogP contribution in [0.3, 0.4) is 0 Å². The van der Waals surface area contributed by atoms with Gasteiger partial charge in [0.25, 0.3) is 0 Å². The van der Waals surface area contributed by atoms with Gasteiger partial charge in [-0.1, -0.05) is 48.9 Å². The third-order valence-electron chi connectivity index (χ3n) is 5.61. The minimum absolute atomic E-state index is 0.248. The van der Waals surface area contributed by atoms with Crippen molar-refractivity contribution in [1.82, 2.24) is 20.6 Å². The first-order valence-corrected chi connectivity index (χ1v) is 9.73. The number of rotatable bonds is 6. The molecule has 0 bridgehead atoms. The Morgan fingerprint density at radius 2 is 1.85 bits per heavy atom. The zero-order valence-corrected chi connectivity index (χ0v) is 15.8. The fourth-order valence-electron chi connectivity index (χ4n) is 3.86. The zero-order valence-electron chi connectivity index (χ0n) is 15.8. The van der Waals surface area contributed by atoms with Crippen LogP contribution in [-0.4, -0.2) is 36.1 Å². The Morgan fingerprint density at radius 3 is 2.56 bits per heavy atom. The summed E-state index contributed by atoms with van der Waals surface area (Å²) in [6.45, 7) is 1.71. The number of aromatic nitrogens is 2. The van der Waals surface area contributed by atoms with Gasteiger partial charge in [-0.15, -0.1) is 0 Å². The molecule has 140 valence electrons. The smallest absolute Gasteiger partial charge is 0.191 e. The lowest BCUT2D eigenvalue weighted by atomic mass is 9.64. The van der Waals surface area contributed by atoms with Crippen molar-refractivity contribution in [1.29, 1.82) is 0 Å². The number of benzene rings is 2. The largest absolute Gasteiger partial charge is 0.356 e. The molecule has 3 aromatic rings. The summed E-state index contributed by atoms with van der Waals surface area (Å²) in [7, 11) is 1.83. The van der Waals surface area contributed by atoms with Crippen molar-refractivity contribution in [2.45, 2.75) is 31.1 Å². The molecule has 0 saturated heterocycles. The van der Waals surface area contributed by atoms with Crippen molar-refractivity contribution < 1.29 is 0 Å². The van der Waals surface area contributed by atoms with E-state index in [-0.39, 0.29) is 5.41 Å². The molecule has 4 rings (SSSR count). The van der Waals surface area contributed by atoms with E-state index in [0.29, 0.717) is 0 Å². The molecule has 0 aliphatic heterocycles. The number of para-hydroxylation sites is 2. The standard InChI is InChI=1S/C22H27N5/c1-23-21(24-15-12-20-26-18-10-5-6-11-19(18)27-20)25-16-22(13-7-14-22)17-8-3-2-4-9-17/h2-6,8-11H,7,12-16H2,1H3,(H,26,27)(H2,23,24,25). The Hall–Kier alpha value is -2.82. The third-order valence-corrected chi connectivity index (χ3v) is 5.61. The molecule has 27 heavy (non-hydrogen) atoms. The SMILES string of the molecule is CN=C(NCCc1nc2ccccc2[nH]1)NCC1(c2ccccc2)CCC1. The average molecular weight is 361 g/mol. The summed E-state index contributed by atoms with van der Waals surface area (Å²) in [6, 6.07) is 19.0. The second-order valence-corrected chi connectivity index (χ2v) is 7.30. The molecular formula is C22H27N5. The van der Waals surface area contributed by atoms with Gasteiger partial charge < -0.3 is 15.6 Å². The van der Waals surface area contributed by atoms with Crippen LogP contribution >= 0.6 is 0 Å². The molecule has 1 heterocycles. The van der Waals surface area contributed by atoms with Crippen LogP contribution in [0, 0.1) is 0 Å². The quantitative estimate of drug-likeness (QED) is 0.466. The number of aliphatic imine (C=N–C) groups is 1. The van der Waals surface area contributed by atoms with Gasteiger partial charge in [0.1, 0.15) is 5.82 Å². The number of nitrogens with zero attached hydrogens (tertiary/aromatic N) is 2. The molecule has 0 atom stereocenters. The predicted molar refractivity (Wildman–Crippen MR) is 111 cm³/mol. The highest BCUT2D eigenvalue weighted by atomic mass is 15.2. The molecule has 1 aromatic heterocycles. The highest BCUT2D eigenvalue weighted by Gasteiger charge is 2.38. The van der Waals surface area contributed by atoms with Crippen LogP contribution < -0.4 is 10.6 Å². The van der Waals surface area contributed by atoms with Crippen LogP contribution in [0.2, 0.25) is 0 Å². The van der Waals surface area contributed by atoms with Gasteiger partial charge in [-0.05, 0) is 30.5 Å². The normalized spacial score (nSPS) is 16.1. The summed E-state index contributed by atoms with van der Waals surface area (Å²) in [4.78, 5) is 12.4. The lowest BCUT2D eigenvalue weighted by molar-refractivity contribution is 0.244. The van der Waals surface area contributed by atoms with Gasteiger partial charge in [0.15, 0.2) is 5.96 Å². The van der Waals surface area contributed by atoms with Crippen LogP contribution in [0.15, 0.2) is 59.6 Å². The van der Waals surface area contributed by atoms with Crippen LogP contribution in [0.4, 0.5) is 0 Å². The lowest BCUT2D eigenvalue weighted by Crippen LogP contribution is -2.49. The predicted octanol–water partition coefficient (Wildman–Crippen LogP) is 3.39. The molecule has 1 saturated carbocycles. The summed E-state index contributed by atoms with van der Waals surface area (Å²) >= 11 is 0. The number of H-pyrrole nitrogens is 1. The number of aromatic amines is 1. The molecule has 0 amide bonds. The highest BCUT2D eigenvalue weighted by molar-refractivity contribution is 5.79. The van der Waals surface area contributed by atoms with Gasteiger partial charge in [-0.3, -0.25) is 4.99 Å². The third kappa shape index (κ3) is 3.82. The summed E-state index contributed by atoms with van der Waals surface area (Å²) in [5, 5.41) is 6.95. The number of fused-ring (bicyclic) bond motifs is 1. The van der Waals surface area contributed by atoms with E-state index in [1.165, 1.54) is 24.8 Å². The number of hydrogen-bond donors (Lipinski definition) is 3. The molecule has 0 spiro atoms. The minimum atomic E-state index is 0.248.